The van der Waals surface area contributed by atoms with Gasteiger partial charge in [-0.15, -0.1) is 0 Å². The van der Waals surface area contributed by atoms with Gasteiger partial charge in [-0.2, -0.15) is 13.2 Å². The molecule has 0 radical (unpaired) electrons. The maximum atomic E-state index is 12.3. The number of halogens is 3. The molecule has 1 aliphatic rings. The molecule has 0 bridgehead atoms. The molecule has 17 heavy (non-hydrogen) atoms. The highest BCUT2D eigenvalue weighted by molar-refractivity contribution is 5.68. The Hall–Kier alpha value is -0.980. The highest BCUT2D eigenvalue weighted by Crippen LogP contribution is 2.25. The summed E-state index contributed by atoms with van der Waals surface area (Å²) in [6, 6.07) is -0.508. The molecule has 0 unspecified atom stereocenters. The topological polar surface area (TPSA) is 41.6 Å². The summed E-state index contributed by atoms with van der Waals surface area (Å²) in [6.07, 6.45) is -4.73. The minimum absolute atomic E-state index is 0.0933. The van der Waals surface area contributed by atoms with Crippen LogP contribution in [0.3, 0.4) is 0 Å². The van der Waals surface area contributed by atoms with Crippen molar-refractivity contribution in [2.75, 3.05) is 13.1 Å². The van der Waals surface area contributed by atoms with Crippen LogP contribution in [0.15, 0.2) is 0 Å². The molecule has 7 heteroatoms. The van der Waals surface area contributed by atoms with E-state index >= 15 is 0 Å². The van der Waals surface area contributed by atoms with E-state index in [4.69, 9.17) is 4.74 Å². The van der Waals surface area contributed by atoms with Crippen LogP contribution >= 0.6 is 0 Å². The second-order valence-electron chi connectivity index (χ2n) is 5.05. The van der Waals surface area contributed by atoms with Crippen molar-refractivity contribution in [1.29, 1.82) is 0 Å². The molecule has 1 heterocycles. The maximum Gasteiger partial charge on any atom is 0.459 e. The Kier molecular flexibility index (Phi) is 3.91. The second-order valence-corrected chi connectivity index (χ2v) is 5.05. The Balaban J connectivity index is 2.38. The number of rotatable bonds is 1. The molecule has 4 nitrogen and oxygen atoms in total. The van der Waals surface area contributed by atoms with Gasteiger partial charge in [0.2, 0.25) is 0 Å². The molecular formula is C10H17F3N2O2. The Morgan fingerprint density at radius 3 is 2.35 bits per heavy atom. The molecule has 0 saturated carbocycles. The van der Waals surface area contributed by atoms with Crippen molar-refractivity contribution in [3.63, 3.8) is 0 Å². The summed E-state index contributed by atoms with van der Waals surface area (Å²) >= 11 is 0. The van der Waals surface area contributed by atoms with E-state index in [-0.39, 0.29) is 19.5 Å². The lowest BCUT2D eigenvalue weighted by Crippen LogP contribution is -2.43. The second kappa shape index (κ2) is 4.72. The molecule has 0 aromatic heterocycles. The molecule has 0 aliphatic carbocycles. The number of nitrogens with one attached hydrogen (secondary N) is 1. The van der Waals surface area contributed by atoms with Crippen molar-refractivity contribution in [2.45, 2.75) is 45.1 Å². The number of alkyl carbamates (subject to hydrolysis) is 1. The van der Waals surface area contributed by atoms with Crippen LogP contribution in [-0.2, 0) is 4.74 Å². The number of hydrogen-bond donors (Lipinski definition) is 1. The number of likely N-dealkylation sites (tertiary alicyclic amines) is 1. The lowest BCUT2D eigenvalue weighted by Gasteiger charge is -2.22. The number of alkyl halides is 3. The quantitative estimate of drug-likeness (QED) is 0.729. The van der Waals surface area contributed by atoms with Gasteiger partial charge >= 0.3 is 12.4 Å². The number of carbonyl (C=O) groups excluding carboxylic acids is 1. The average molecular weight is 254 g/mol. The van der Waals surface area contributed by atoms with Gasteiger partial charge in [-0.05, 0) is 27.2 Å². The predicted octanol–water partition coefficient (Wildman–Crippen LogP) is 2.11. The van der Waals surface area contributed by atoms with Crippen molar-refractivity contribution in [2.24, 2.45) is 0 Å². The highest BCUT2D eigenvalue weighted by Gasteiger charge is 2.42. The van der Waals surface area contributed by atoms with E-state index in [1.807, 2.05) is 0 Å². The Morgan fingerprint density at radius 1 is 1.35 bits per heavy atom. The van der Waals surface area contributed by atoms with E-state index in [0.717, 1.165) is 0 Å². The van der Waals surface area contributed by atoms with Gasteiger partial charge in [0, 0.05) is 19.1 Å². The average Bonchev–Trinajstić information content (AvgIpc) is 2.47. The molecule has 0 aromatic rings. The van der Waals surface area contributed by atoms with Crippen LogP contribution in [0.1, 0.15) is 27.2 Å². The van der Waals surface area contributed by atoms with E-state index in [9.17, 15) is 18.0 Å². The fourth-order valence-corrected chi connectivity index (χ4v) is 1.58. The van der Waals surface area contributed by atoms with Crippen molar-refractivity contribution in [1.82, 2.24) is 10.2 Å². The minimum Gasteiger partial charge on any atom is -0.444 e. The largest absolute Gasteiger partial charge is 0.459 e. The summed E-state index contributed by atoms with van der Waals surface area (Å²) in [4.78, 5) is 11.7. The van der Waals surface area contributed by atoms with Crippen LogP contribution in [0, 0.1) is 0 Å². The number of hydrogen-bond acceptors (Lipinski definition) is 3. The normalized spacial score (nSPS) is 22.6. The van der Waals surface area contributed by atoms with Gasteiger partial charge in [0.25, 0.3) is 0 Å². The van der Waals surface area contributed by atoms with E-state index < -0.39 is 24.0 Å². The molecule has 1 saturated heterocycles. The van der Waals surface area contributed by atoms with Gasteiger partial charge in [0.15, 0.2) is 0 Å². The van der Waals surface area contributed by atoms with E-state index in [1.54, 1.807) is 20.8 Å². The van der Waals surface area contributed by atoms with E-state index in [1.165, 1.54) is 0 Å². The first kappa shape index (κ1) is 14.1. The first-order valence-corrected chi connectivity index (χ1v) is 5.39. The molecule has 0 aromatic carbocycles. The SMILES string of the molecule is CC(C)(C)OC(=O)N[C@@H]1CCN(C(F)(F)F)C1. The van der Waals surface area contributed by atoms with Gasteiger partial charge in [0.1, 0.15) is 5.60 Å². The molecule has 0 spiro atoms. The molecule has 1 aliphatic heterocycles. The van der Waals surface area contributed by atoms with E-state index in [0.29, 0.717) is 4.90 Å². The first-order valence-electron chi connectivity index (χ1n) is 5.39. The zero-order chi connectivity index (χ0) is 13.3. The number of ether oxygens (including phenoxy) is 1. The van der Waals surface area contributed by atoms with Gasteiger partial charge in [-0.1, -0.05) is 0 Å². The summed E-state index contributed by atoms with van der Waals surface area (Å²) < 4.78 is 41.9. The molecule has 1 N–H and O–H groups in total. The summed E-state index contributed by atoms with van der Waals surface area (Å²) in [5, 5.41) is 2.43. The molecule has 1 fully saturated rings. The van der Waals surface area contributed by atoms with Crippen LogP contribution in [0.2, 0.25) is 0 Å². The Morgan fingerprint density at radius 2 is 1.94 bits per heavy atom. The smallest absolute Gasteiger partial charge is 0.444 e. The number of carbonyl (C=O) groups is 1. The van der Waals surface area contributed by atoms with Crippen LogP contribution in [-0.4, -0.2) is 42.0 Å². The number of nitrogens with zero attached hydrogens (tertiary/aromatic N) is 1. The third kappa shape index (κ3) is 4.80. The van der Waals surface area contributed by atoms with Crippen molar-refractivity contribution < 1.29 is 22.7 Å². The lowest BCUT2D eigenvalue weighted by molar-refractivity contribution is -0.238. The highest BCUT2D eigenvalue weighted by atomic mass is 19.4. The third-order valence-electron chi connectivity index (χ3n) is 2.27. The van der Waals surface area contributed by atoms with Crippen LogP contribution in [0.25, 0.3) is 0 Å². The third-order valence-corrected chi connectivity index (χ3v) is 2.27. The monoisotopic (exact) mass is 254 g/mol. The fourth-order valence-electron chi connectivity index (χ4n) is 1.58. The first-order chi connectivity index (χ1) is 7.58. The van der Waals surface area contributed by atoms with Gasteiger partial charge in [0.05, 0.1) is 0 Å². The molecule has 100 valence electrons. The van der Waals surface area contributed by atoms with Crippen LogP contribution in [0.5, 0.6) is 0 Å². The maximum absolute atomic E-state index is 12.3. The molecule has 1 atom stereocenters. The summed E-state index contributed by atoms with van der Waals surface area (Å²) in [5.41, 5.74) is -0.646. The fraction of sp³-hybridized carbons (Fsp3) is 0.900. The van der Waals surface area contributed by atoms with Gasteiger partial charge in [-0.3, -0.25) is 0 Å². The van der Waals surface area contributed by atoms with Gasteiger partial charge < -0.3 is 10.1 Å². The summed E-state index contributed by atoms with van der Waals surface area (Å²) in [5.74, 6) is 0. The Labute approximate surface area is 98.1 Å². The van der Waals surface area contributed by atoms with Gasteiger partial charge in [-0.25, -0.2) is 9.69 Å². The van der Waals surface area contributed by atoms with Crippen molar-refractivity contribution in [3.8, 4) is 0 Å². The zero-order valence-corrected chi connectivity index (χ0v) is 10.1. The van der Waals surface area contributed by atoms with Crippen molar-refractivity contribution >= 4 is 6.09 Å². The van der Waals surface area contributed by atoms with Crippen LogP contribution in [0.4, 0.5) is 18.0 Å². The van der Waals surface area contributed by atoms with Crippen molar-refractivity contribution in [3.05, 3.63) is 0 Å². The standard InChI is InChI=1S/C10H17F3N2O2/c1-9(2,3)17-8(16)14-7-4-5-15(6-7)10(11,12)13/h7H,4-6H2,1-3H3,(H,14,16)/t7-/m1/s1. The molecule has 1 amide bonds. The number of amides is 1. The minimum atomic E-state index is -4.33. The predicted molar refractivity (Wildman–Crippen MR) is 55.4 cm³/mol. The Bertz CT molecular complexity index is 286. The molecular weight excluding hydrogens is 237 g/mol. The lowest BCUT2D eigenvalue weighted by atomic mass is 10.2. The van der Waals surface area contributed by atoms with Crippen LogP contribution < -0.4 is 5.32 Å². The molecule has 1 rings (SSSR count). The zero-order valence-electron chi connectivity index (χ0n) is 10.1. The summed E-state index contributed by atoms with van der Waals surface area (Å²) in [6.45, 7) is 4.78. The van der Waals surface area contributed by atoms with E-state index in [2.05, 4.69) is 5.32 Å². The summed E-state index contributed by atoms with van der Waals surface area (Å²) in [7, 11) is 0.